The standard InChI is InChI=1S/C13H13FN2OS/c1-9-7-10(14)4-5-12(9)16-13(17)15-8-11-3-2-6-18-11/h2-7H,8H2,1H3,(H2,15,16,17). The Morgan fingerprint density at radius 3 is 2.89 bits per heavy atom. The van der Waals surface area contributed by atoms with E-state index >= 15 is 0 Å². The van der Waals surface area contributed by atoms with Crippen molar-refractivity contribution in [1.29, 1.82) is 0 Å². The van der Waals surface area contributed by atoms with E-state index in [1.807, 2.05) is 17.5 Å². The first-order chi connectivity index (χ1) is 8.65. The number of rotatable bonds is 3. The first-order valence-corrected chi connectivity index (χ1v) is 6.36. The van der Waals surface area contributed by atoms with E-state index < -0.39 is 0 Å². The summed E-state index contributed by atoms with van der Waals surface area (Å²) in [5.41, 5.74) is 1.31. The van der Waals surface area contributed by atoms with Gasteiger partial charge >= 0.3 is 6.03 Å². The van der Waals surface area contributed by atoms with Crippen LogP contribution in [0.25, 0.3) is 0 Å². The van der Waals surface area contributed by atoms with Crippen molar-refractivity contribution in [2.24, 2.45) is 0 Å². The lowest BCUT2D eigenvalue weighted by atomic mass is 10.2. The lowest BCUT2D eigenvalue weighted by Crippen LogP contribution is -2.28. The Morgan fingerprint density at radius 1 is 1.39 bits per heavy atom. The molecule has 0 fully saturated rings. The molecule has 0 aliphatic heterocycles. The van der Waals surface area contributed by atoms with Crippen molar-refractivity contribution >= 4 is 23.1 Å². The molecule has 2 aromatic rings. The van der Waals surface area contributed by atoms with Crippen LogP contribution in [0.1, 0.15) is 10.4 Å². The van der Waals surface area contributed by atoms with Crippen LogP contribution in [0.4, 0.5) is 14.9 Å². The first kappa shape index (κ1) is 12.6. The SMILES string of the molecule is Cc1cc(F)ccc1NC(=O)NCc1cccs1. The number of carbonyl (C=O) groups is 1. The predicted octanol–water partition coefficient (Wildman–Crippen LogP) is 3.52. The van der Waals surface area contributed by atoms with Crippen LogP contribution in [0.2, 0.25) is 0 Å². The van der Waals surface area contributed by atoms with Crippen LogP contribution in [0.5, 0.6) is 0 Å². The lowest BCUT2D eigenvalue weighted by molar-refractivity contribution is 0.252. The van der Waals surface area contributed by atoms with Gasteiger partial charge in [-0.1, -0.05) is 6.07 Å². The van der Waals surface area contributed by atoms with E-state index in [4.69, 9.17) is 0 Å². The van der Waals surface area contributed by atoms with Gasteiger partial charge in [0.05, 0.1) is 6.54 Å². The van der Waals surface area contributed by atoms with Crippen molar-refractivity contribution in [3.63, 3.8) is 0 Å². The average Bonchev–Trinajstić information content (AvgIpc) is 2.83. The molecule has 3 nitrogen and oxygen atoms in total. The summed E-state index contributed by atoms with van der Waals surface area (Å²) in [6.07, 6.45) is 0. The number of benzene rings is 1. The summed E-state index contributed by atoms with van der Waals surface area (Å²) in [4.78, 5) is 12.7. The second-order valence-electron chi connectivity index (χ2n) is 3.85. The molecular formula is C13H13FN2OS. The Balaban J connectivity index is 1.91. The van der Waals surface area contributed by atoms with Gasteiger partial charge in [-0.2, -0.15) is 0 Å². The number of nitrogens with one attached hydrogen (secondary N) is 2. The smallest absolute Gasteiger partial charge is 0.319 e. The molecule has 0 radical (unpaired) electrons. The van der Waals surface area contributed by atoms with Crippen LogP contribution in [0.3, 0.4) is 0 Å². The third kappa shape index (κ3) is 3.30. The van der Waals surface area contributed by atoms with E-state index in [9.17, 15) is 9.18 Å². The van der Waals surface area contributed by atoms with E-state index in [0.717, 1.165) is 4.88 Å². The maximum Gasteiger partial charge on any atom is 0.319 e. The monoisotopic (exact) mass is 264 g/mol. The zero-order valence-electron chi connectivity index (χ0n) is 9.87. The summed E-state index contributed by atoms with van der Waals surface area (Å²) in [7, 11) is 0. The van der Waals surface area contributed by atoms with E-state index in [0.29, 0.717) is 17.8 Å². The predicted molar refractivity (Wildman–Crippen MR) is 71.3 cm³/mol. The molecule has 1 aromatic carbocycles. The summed E-state index contributed by atoms with van der Waals surface area (Å²) in [6.45, 7) is 2.24. The Hall–Kier alpha value is -1.88. The van der Waals surface area contributed by atoms with Crippen LogP contribution < -0.4 is 10.6 Å². The molecule has 0 spiro atoms. The Bertz CT molecular complexity index is 540. The second kappa shape index (κ2) is 5.64. The van der Waals surface area contributed by atoms with Crippen molar-refractivity contribution in [3.8, 4) is 0 Å². The zero-order chi connectivity index (χ0) is 13.0. The van der Waals surface area contributed by atoms with Gasteiger partial charge in [0.2, 0.25) is 0 Å². The van der Waals surface area contributed by atoms with Crippen LogP contribution >= 0.6 is 11.3 Å². The molecule has 2 N–H and O–H groups in total. The summed E-state index contributed by atoms with van der Waals surface area (Å²) < 4.78 is 12.9. The van der Waals surface area contributed by atoms with Gasteiger partial charge in [-0.25, -0.2) is 9.18 Å². The van der Waals surface area contributed by atoms with Crippen molar-refractivity contribution in [1.82, 2.24) is 5.32 Å². The van der Waals surface area contributed by atoms with E-state index in [1.54, 1.807) is 24.3 Å². The number of thiophene rings is 1. The van der Waals surface area contributed by atoms with Gasteiger partial charge in [0.1, 0.15) is 5.82 Å². The number of urea groups is 1. The molecule has 1 heterocycles. The Kier molecular flexibility index (Phi) is 3.94. The fraction of sp³-hybridized carbons (Fsp3) is 0.154. The molecule has 18 heavy (non-hydrogen) atoms. The Morgan fingerprint density at radius 2 is 2.22 bits per heavy atom. The highest BCUT2D eigenvalue weighted by molar-refractivity contribution is 7.09. The minimum Gasteiger partial charge on any atom is -0.333 e. The molecule has 0 unspecified atom stereocenters. The van der Waals surface area contributed by atoms with Crippen LogP contribution in [0, 0.1) is 12.7 Å². The molecule has 5 heteroatoms. The van der Waals surface area contributed by atoms with E-state index in [-0.39, 0.29) is 11.8 Å². The molecule has 2 amide bonds. The third-order valence-corrected chi connectivity index (χ3v) is 3.32. The Labute approximate surface area is 109 Å². The van der Waals surface area contributed by atoms with Crippen LogP contribution in [0.15, 0.2) is 35.7 Å². The quantitative estimate of drug-likeness (QED) is 0.875. The molecule has 0 atom stereocenters. The highest BCUT2D eigenvalue weighted by atomic mass is 32.1. The van der Waals surface area contributed by atoms with Gasteiger partial charge in [0.25, 0.3) is 0 Å². The molecule has 94 valence electrons. The van der Waals surface area contributed by atoms with Crippen molar-refractivity contribution in [2.75, 3.05) is 5.32 Å². The summed E-state index contributed by atoms with van der Waals surface area (Å²) in [5.74, 6) is -0.308. The molecule has 1 aromatic heterocycles. The lowest BCUT2D eigenvalue weighted by Gasteiger charge is -2.09. The largest absolute Gasteiger partial charge is 0.333 e. The third-order valence-electron chi connectivity index (χ3n) is 2.44. The number of amides is 2. The van der Waals surface area contributed by atoms with Crippen molar-refractivity contribution < 1.29 is 9.18 Å². The molecule has 0 bridgehead atoms. The van der Waals surface area contributed by atoms with E-state index in [2.05, 4.69) is 10.6 Å². The van der Waals surface area contributed by atoms with Crippen molar-refractivity contribution in [3.05, 3.63) is 52.0 Å². The zero-order valence-corrected chi connectivity index (χ0v) is 10.7. The fourth-order valence-corrected chi connectivity index (χ4v) is 2.16. The van der Waals surface area contributed by atoms with Crippen LogP contribution in [-0.2, 0) is 6.54 Å². The van der Waals surface area contributed by atoms with Gasteiger partial charge in [0, 0.05) is 10.6 Å². The van der Waals surface area contributed by atoms with Gasteiger partial charge < -0.3 is 10.6 Å². The highest BCUT2D eigenvalue weighted by Gasteiger charge is 2.05. The number of hydrogen-bond donors (Lipinski definition) is 2. The number of aryl methyl sites for hydroxylation is 1. The van der Waals surface area contributed by atoms with Gasteiger partial charge in [-0.15, -0.1) is 11.3 Å². The van der Waals surface area contributed by atoms with Gasteiger partial charge in [-0.3, -0.25) is 0 Å². The normalized spacial score (nSPS) is 10.1. The molecule has 0 saturated heterocycles. The number of hydrogen-bond acceptors (Lipinski definition) is 2. The molecular weight excluding hydrogens is 251 g/mol. The molecule has 0 aliphatic carbocycles. The molecule has 0 saturated carbocycles. The summed E-state index contributed by atoms with van der Waals surface area (Å²) in [6, 6.07) is 7.85. The summed E-state index contributed by atoms with van der Waals surface area (Å²) in [5, 5.41) is 7.39. The number of carbonyl (C=O) groups excluding carboxylic acids is 1. The maximum absolute atomic E-state index is 12.9. The fourth-order valence-electron chi connectivity index (χ4n) is 1.51. The first-order valence-electron chi connectivity index (χ1n) is 5.48. The van der Waals surface area contributed by atoms with Crippen LogP contribution in [-0.4, -0.2) is 6.03 Å². The maximum atomic E-state index is 12.9. The van der Waals surface area contributed by atoms with E-state index in [1.165, 1.54) is 12.1 Å². The van der Waals surface area contributed by atoms with Gasteiger partial charge in [-0.05, 0) is 42.1 Å². The highest BCUT2D eigenvalue weighted by Crippen LogP contribution is 2.15. The van der Waals surface area contributed by atoms with Crippen molar-refractivity contribution in [2.45, 2.75) is 13.5 Å². The summed E-state index contributed by atoms with van der Waals surface area (Å²) >= 11 is 1.58. The van der Waals surface area contributed by atoms with Gasteiger partial charge in [0.15, 0.2) is 0 Å². The number of halogens is 1. The molecule has 2 rings (SSSR count). The molecule has 0 aliphatic rings. The minimum absolute atomic E-state index is 0.293. The topological polar surface area (TPSA) is 41.1 Å². The number of anilines is 1. The average molecular weight is 264 g/mol. The minimum atomic E-state index is -0.308. The second-order valence-corrected chi connectivity index (χ2v) is 4.88.